The number of rotatable bonds is 55. The van der Waals surface area contributed by atoms with E-state index in [-0.39, 0.29) is 37.5 Å². The summed E-state index contributed by atoms with van der Waals surface area (Å²) in [5, 5.41) is 0. The topological polar surface area (TPSA) is 78.9 Å². The summed E-state index contributed by atoms with van der Waals surface area (Å²) in [6.45, 7) is 6.47. The number of unbranched alkanes of at least 4 members (excludes halogenated alkanes) is 28. The van der Waals surface area contributed by atoms with Crippen molar-refractivity contribution in [1.29, 1.82) is 0 Å². The lowest BCUT2D eigenvalue weighted by atomic mass is 10.0. The van der Waals surface area contributed by atoms with Crippen LogP contribution in [0.3, 0.4) is 0 Å². The lowest BCUT2D eigenvalue weighted by Gasteiger charge is -2.18. The van der Waals surface area contributed by atoms with Gasteiger partial charge < -0.3 is 14.2 Å². The van der Waals surface area contributed by atoms with Crippen molar-refractivity contribution in [3.8, 4) is 0 Å². The zero-order valence-electron chi connectivity index (χ0n) is 47.9. The highest BCUT2D eigenvalue weighted by Gasteiger charge is 2.19. The smallest absolute Gasteiger partial charge is 0.306 e. The molecule has 0 saturated carbocycles. The summed E-state index contributed by atoms with van der Waals surface area (Å²) in [6, 6.07) is 0. The highest BCUT2D eigenvalue weighted by Crippen LogP contribution is 2.16. The van der Waals surface area contributed by atoms with E-state index in [1.165, 1.54) is 148 Å². The lowest BCUT2D eigenvalue weighted by Crippen LogP contribution is -2.30. The number of ether oxygens (including phenoxy) is 3. The molecule has 0 aliphatic carbocycles. The zero-order valence-corrected chi connectivity index (χ0v) is 47.9. The van der Waals surface area contributed by atoms with Crippen LogP contribution in [0.2, 0.25) is 0 Å². The Morgan fingerprint density at radius 3 is 0.904 bits per heavy atom. The van der Waals surface area contributed by atoms with Crippen LogP contribution >= 0.6 is 0 Å². The molecule has 1 unspecified atom stereocenters. The van der Waals surface area contributed by atoms with Gasteiger partial charge in [0.05, 0.1) is 0 Å². The van der Waals surface area contributed by atoms with E-state index in [9.17, 15) is 14.4 Å². The van der Waals surface area contributed by atoms with Crippen LogP contribution in [0, 0.1) is 0 Å². The standard InChI is InChI=1S/C67H114O6/c1-4-7-10-13-16-19-22-25-28-31-33-36-39-42-45-48-51-54-57-60-66(69)72-63-64(62-71-65(68)59-56-53-50-47-44-41-38-35-30-27-24-21-18-15-12-9-6-3)73-67(70)61-58-55-52-49-46-43-40-37-34-32-29-26-23-20-17-14-11-8-5-2/h7,10,16,19,25,27-28,30,33,36,38,41-42,45,47,50,64H,4-6,8-9,11-15,17-18,20-24,26,29,31-32,34-35,37,39-40,43-44,46,48-49,51-63H2,1-3H3/b10-7-,19-16-,28-25-,30-27-,36-33-,41-38-,45-42-,50-47-. The molecule has 73 heavy (non-hydrogen) atoms. The van der Waals surface area contributed by atoms with E-state index in [1.807, 2.05) is 0 Å². The first kappa shape index (κ1) is 69.3. The molecule has 0 N–H and O–H groups in total. The Bertz CT molecular complexity index is 1440. The Balaban J connectivity index is 4.49. The summed E-state index contributed by atoms with van der Waals surface area (Å²) in [6.07, 6.45) is 81.3. The largest absolute Gasteiger partial charge is 0.462 e. The molecule has 0 fully saturated rings. The Labute approximate surface area is 451 Å². The molecule has 6 nitrogen and oxygen atoms in total. The van der Waals surface area contributed by atoms with Gasteiger partial charge in [0.25, 0.3) is 0 Å². The van der Waals surface area contributed by atoms with Gasteiger partial charge in [-0.05, 0) is 96.3 Å². The lowest BCUT2D eigenvalue weighted by molar-refractivity contribution is -0.167. The maximum absolute atomic E-state index is 12.9. The Morgan fingerprint density at radius 1 is 0.288 bits per heavy atom. The minimum absolute atomic E-state index is 0.109. The predicted octanol–water partition coefficient (Wildman–Crippen LogP) is 20.9. The van der Waals surface area contributed by atoms with Crippen LogP contribution in [-0.2, 0) is 28.6 Å². The Morgan fingerprint density at radius 2 is 0.548 bits per heavy atom. The molecule has 0 aromatic rings. The maximum Gasteiger partial charge on any atom is 0.306 e. The molecule has 0 aliphatic rings. The number of allylic oxidation sites excluding steroid dienone is 16. The summed E-state index contributed by atoms with van der Waals surface area (Å²) < 4.78 is 16.8. The molecule has 0 saturated heterocycles. The van der Waals surface area contributed by atoms with Gasteiger partial charge in [-0.2, -0.15) is 0 Å². The van der Waals surface area contributed by atoms with Crippen LogP contribution in [0.5, 0.6) is 0 Å². The summed E-state index contributed by atoms with van der Waals surface area (Å²) in [5.41, 5.74) is 0. The second-order valence-electron chi connectivity index (χ2n) is 20.2. The zero-order chi connectivity index (χ0) is 52.9. The van der Waals surface area contributed by atoms with Crippen molar-refractivity contribution < 1.29 is 28.6 Å². The molecular weight excluding hydrogens is 901 g/mol. The van der Waals surface area contributed by atoms with Gasteiger partial charge in [-0.25, -0.2) is 0 Å². The summed E-state index contributed by atoms with van der Waals surface area (Å²) in [4.78, 5) is 38.2. The highest BCUT2D eigenvalue weighted by molar-refractivity contribution is 5.71. The van der Waals surface area contributed by atoms with Crippen molar-refractivity contribution in [3.63, 3.8) is 0 Å². The van der Waals surface area contributed by atoms with Gasteiger partial charge in [0.1, 0.15) is 13.2 Å². The molecule has 0 aromatic carbocycles. The number of carbonyl (C=O) groups excluding carboxylic acids is 3. The van der Waals surface area contributed by atoms with Gasteiger partial charge in [0.15, 0.2) is 6.10 Å². The second kappa shape index (κ2) is 60.9. The van der Waals surface area contributed by atoms with Crippen LogP contribution < -0.4 is 0 Å². The molecule has 0 radical (unpaired) electrons. The molecule has 0 aromatic heterocycles. The van der Waals surface area contributed by atoms with E-state index in [1.54, 1.807) is 0 Å². The van der Waals surface area contributed by atoms with Crippen LogP contribution in [0.15, 0.2) is 97.2 Å². The Kier molecular flexibility index (Phi) is 57.8. The molecule has 6 heteroatoms. The second-order valence-corrected chi connectivity index (χ2v) is 20.2. The van der Waals surface area contributed by atoms with E-state index in [0.29, 0.717) is 19.3 Å². The van der Waals surface area contributed by atoms with Crippen LogP contribution in [0.1, 0.15) is 290 Å². The first-order valence-corrected chi connectivity index (χ1v) is 30.7. The van der Waals surface area contributed by atoms with Crippen LogP contribution in [-0.4, -0.2) is 37.2 Å². The summed E-state index contributed by atoms with van der Waals surface area (Å²) in [5.74, 6) is -0.982. The van der Waals surface area contributed by atoms with Gasteiger partial charge in [-0.1, -0.05) is 272 Å². The molecule has 418 valence electrons. The molecule has 0 aliphatic heterocycles. The van der Waals surface area contributed by atoms with Gasteiger partial charge >= 0.3 is 17.9 Å². The van der Waals surface area contributed by atoms with Gasteiger partial charge in [0, 0.05) is 19.3 Å². The fourth-order valence-electron chi connectivity index (χ4n) is 8.49. The summed E-state index contributed by atoms with van der Waals surface area (Å²) >= 11 is 0. The van der Waals surface area contributed by atoms with Gasteiger partial charge in [0.2, 0.25) is 0 Å². The number of esters is 3. The third-order valence-corrected chi connectivity index (χ3v) is 13.1. The van der Waals surface area contributed by atoms with E-state index in [0.717, 1.165) is 96.3 Å². The van der Waals surface area contributed by atoms with Crippen molar-refractivity contribution >= 4 is 17.9 Å². The van der Waals surface area contributed by atoms with E-state index >= 15 is 0 Å². The number of hydrogen-bond acceptors (Lipinski definition) is 6. The third-order valence-electron chi connectivity index (χ3n) is 13.1. The SMILES string of the molecule is CC/C=C\C/C=C\C/C=C\C/C=C\C/C=C\CCCCCC(=O)OCC(COC(=O)CCC/C=C\C/C=C\C/C=C\CCCCCCCC)OC(=O)CCCCCCCCCCCCCCCCCCCCC. The average Bonchev–Trinajstić information content (AvgIpc) is 3.39. The monoisotopic (exact) mass is 1010 g/mol. The number of carbonyl (C=O) groups is 3. The molecule has 0 rings (SSSR count). The maximum atomic E-state index is 12.9. The normalized spacial score (nSPS) is 12.8. The van der Waals surface area contributed by atoms with Crippen molar-refractivity contribution in [2.24, 2.45) is 0 Å². The molecule has 0 bridgehead atoms. The predicted molar refractivity (Wildman–Crippen MR) is 316 cm³/mol. The van der Waals surface area contributed by atoms with E-state index in [2.05, 4.69) is 118 Å². The van der Waals surface area contributed by atoms with Crippen molar-refractivity contribution in [2.45, 2.75) is 297 Å². The molecule has 0 spiro atoms. The molecule has 1 atom stereocenters. The minimum Gasteiger partial charge on any atom is -0.462 e. The highest BCUT2D eigenvalue weighted by atomic mass is 16.6. The van der Waals surface area contributed by atoms with E-state index in [4.69, 9.17) is 14.2 Å². The fourth-order valence-corrected chi connectivity index (χ4v) is 8.49. The van der Waals surface area contributed by atoms with Gasteiger partial charge in [-0.3, -0.25) is 14.4 Å². The van der Waals surface area contributed by atoms with Crippen molar-refractivity contribution in [1.82, 2.24) is 0 Å². The van der Waals surface area contributed by atoms with Crippen molar-refractivity contribution in [2.75, 3.05) is 13.2 Å². The van der Waals surface area contributed by atoms with Crippen molar-refractivity contribution in [3.05, 3.63) is 97.2 Å². The first-order valence-electron chi connectivity index (χ1n) is 30.7. The summed E-state index contributed by atoms with van der Waals surface area (Å²) in [7, 11) is 0. The first-order chi connectivity index (χ1) is 36.0. The minimum atomic E-state index is -0.812. The Hall–Kier alpha value is -3.67. The van der Waals surface area contributed by atoms with Crippen LogP contribution in [0.4, 0.5) is 0 Å². The average molecular weight is 1020 g/mol. The van der Waals surface area contributed by atoms with Gasteiger partial charge in [-0.15, -0.1) is 0 Å². The fraction of sp³-hybridized carbons (Fsp3) is 0.716. The molecule has 0 amide bonds. The van der Waals surface area contributed by atoms with E-state index < -0.39 is 6.10 Å². The van der Waals surface area contributed by atoms with Crippen LogP contribution in [0.25, 0.3) is 0 Å². The third kappa shape index (κ3) is 59.1. The number of hydrogen-bond donors (Lipinski definition) is 0. The quantitative estimate of drug-likeness (QED) is 0.0261. The molecule has 0 heterocycles. The molecular formula is C67H114O6.